The van der Waals surface area contributed by atoms with Crippen LogP contribution in [0.2, 0.25) is 0 Å². The first-order valence-corrected chi connectivity index (χ1v) is 13.5. The number of aromatic nitrogens is 1. The van der Waals surface area contributed by atoms with Crippen LogP contribution < -0.4 is 15.2 Å². The Morgan fingerprint density at radius 3 is 2.78 bits per heavy atom. The maximum Gasteiger partial charge on any atom is 0.262 e. The van der Waals surface area contributed by atoms with Gasteiger partial charge in [-0.15, -0.1) is 0 Å². The predicted molar refractivity (Wildman–Crippen MR) is 142 cm³/mol. The van der Waals surface area contributed by atoms with Crippen molar-refractivity contribution in [2.24, 2.45) is 11.8 Å². The predicted octanol–water partition coefficient (Wildman–Crippen LogP) is 5.07. The van der Waals surface area contributed by atoms with Crippen molar-refractivity contribution in [1.82, 2.24) is 4.57 Å². The molecule has 0 radical (unpaired) electrons. The molecule has 7 heteroatoms. The van der Waals surface area contributed by atoms with E-state index in [1.54, 1.807) is 24.4 Å². The number of rotatable bonds is 6. The summed E-state index contributed by atoms with van der Waals surface area (Å²) in [7, 11) is 0. The maximum atomic E-state index is 15.3. The fraction of sp³-hybridized carbons (Fsp3) is 0.500. The van der Waals surface area contributed by atoms with E-state index in [0.717, 1.165) is 63.6 Å². The lowest BCUT2D eigenvalue weighted by molar-refractivity contribution is 0.0605. The monoisotopic (exact) mass is 506 g/mol. The van der Waals surface area contributed by atoms with Gasteiger partial charge in [-0.2, -0.15) is 0 Å². The molecular formula is C30H35FN2O4. The molecule has 3 fully saturated rings. The molecule has 0 bridgehead atoms. The Morgan fingerprint density at radius 1 is 1.14 bits per heavy atom. The number of hydrogen-bond donors (Lipinski definition) is 1. The summed E-state index contributed by atoms with van der Waals surface area (Å²) < 4.78 is 28.3. The van der Waals surface area contributed by atoms with E-state index < -0.39 is 5.60 Å². The first-order chi connectivity index (χ1) is 17.9. The number of hydrogen-bond acceptors (Lipinski definition) is 5. The Kier molecular flexibility index (Phi) is 6.45. The summed E-state index contributed by atoms with van der Waals surface area (Å²) in [6, 6.07) is 12.4. The van der Waals surface area contributed by atoms with Crippen LogP contribution in [-0.4, -0.2) is 47.7 Å². The fourth-order valence-electron chi connectivity index (χ4n) is 6.44. The molecule has 2 saturated heterocycles. The minimum Gasteiger partial charge on any atom is -0.491 e. The molecule has 1 N–H and O–H groups in total. The fourth-order valence-corrected chi connectivity index (χ4v) is 6.44. The first kappa shape index (κ1) is 24.4. The largest absolute Gasteiger partial charge is 0.491 e. The van der Waals surface area contributed by atoms with Gasteiger partial charge in [0.05, 0.1) is 23.1 Å². The van der Waals surface area contributed by atoms with E-state index in [-0.39, 0.29) is 17.5 Å². The molecule has 3 aliphatic rings. The van der Waals surface area contributed by atoms with Gasteiger partial charge in [0, 0.05) is 37.3 Å². The van der Waals surface area contributed by atoms with Crippen molar-refractivity contribution in [3.8, 4) is 11.4 Å². The quantitative estimate of drug-likeness (QED) is 0.506. The summed E-state index contributed by atoms with van der Waals surface area (Å²) in [5, 5.41) is 11.7. The molecule has 2 aromatic carbocycles. The molecule has 1 aromatic heterocycles. The Balaban J connectivity index is 1.17. The molecule has 3 aromatic rings. The number of anilines is 1. The van der Waals surface area contributed by atoms with Gasteiger partial charge < -0.3 is 19.5 Å². The second-order valence-electron chi connectivity index (χ2n) is 11.3. The number of aliphatic hydroxyl groups is 1. The highest BCUT2D eigenvalue weighted by Crippen LogP contribution is 2.42. The van der Waals surface area contributed by atoms with Crippen LogP contribution >= 0.6 is 0 Å². The van der Waals surface area contributed by atoms with Crippen LogP contribution in [0, 0.1) is 17.7 Å². The highest BCUT2D eigenvalue weighted by Gasteiger charge is 2.39. The van der Waals surface area contributed by atoms with Crippen molar-refractivity contribution in [3.63, 3.8) is 0 Å². The molecule has 1 aliphatic carbocycles. The van der Waals surface area contributed by atoms with Crippen LogP contribution in [0.5, 0.6) is 5.75 Å². The molecule has 6 nitrogen and oxygen atoms in total. The molecular weight excluding hydrogens is 471 g/mol. The van der Waals surface area contributed by atoms with Crippen molar-refractivity contribution >= 4 is 16.5 Å². The number of nitrogens with zero attached hydrogens (tertiary/aromatic N) is 2. The van der Waals surface area contributed by atoms with Gasteiger partial charge in [-0.1, -0.05) is 0 Å². The van der Waals surface area contributed by atoms with E-state index in [2.05, 4.69) is 4.90 Å². The zero-order chi connectivity index (χ0) is 25.6. The lowest BCUT2D eigenvalue weighted by atomic mass is 9.89. The van der Waals surface area contributed by atoms with E-state index >= 15 is 4.39 Å². The number of halogens is 1. The minimum atomic E-state index is -0.558. The third-order valence-corrected chi connectivity index (χ3v) is 8.53. The molecule has 6 rings (SSSR count). The lowest BCUT2D eigenvalue weighted by Crippen LogP contribution is -2.25. The Bertz CT molecular complexity index is 1350. The van der Waals surface area contributed by atoms with E-state index in [1.165, 1.54) is 10.6 Å². The van der Waals surface area contributed by atoms with Gasteiger partial charge in [-0.3, -0.25) is 9.36 Å². The summed E-state index contributed by atoms with van der Waals surface area (Å²) >= 11 is 0. The Morgan fingerprint density at radius 2 is 2.03 bits per heavy atom. The van der Waals surface area contributed by atoms with Gasteiger partial charge >= 0.3 is 0 Å². The molecule has 37 heavy (non-hydrogen) atoms. The SMILES string of the molecule is CC1(O)CCC(C2CCN(c3ccc(-n4ccc5cc(OC[C@H]6CCCO6)ccc5c4=O)cc3F)C2)C1. The van der Waals surface area contributed by atoms with Gasteiger partial charge in [0.25, 0.3) is 5.56 Å². The molecule has 0 amide bonds. The van der Waals surface area contributed by atoms with E-state index in [4.69, 9.17) is 9.47 Å². The van der Waals surface area contributed by atoms with Gasteiger partial charge in [0.1, 0.15) is 18.2 Å². The maximum absolute atomic E-state index is 15.3. The molecule has 1 saturated carbocycles. The van der Waals surface area contributed by atoms with Crippen LogP contribution in [0.3, 0.4) is 0 Å². The third-order valence-electron chi connectivity index (χ3n) is 8.53. The lowest BCUT2D eigenvalue weighted by Gasteiger charge is -2.23. The zero-order valence-corrected chi connectivity index (χ0v) is 21.4. The van der Waals surface area contributed by atoms with Crippen molar-refractivity contribution < 1.29 is 19.0 Å². The van der Waals surface area contributed by atoms with Gasteiger partial charge in [-0.25, -0.2) is 4.39 Å². The standard InChI is InChI=1S/C30H35FN2O4/c1-30(35)11-8-21(17-30)22-9-12-32(18-22)28-7-4-23(16-27(28)31)33-13-10-20-15-24(5-6-26(20)29(33)34)37-19-25-3-2-14-36-25/h4-7,10,13,15-16,21-22,25,35H,2-3,8-9,11-12,14,17-19H2,1H3/t21?,22?,25-,30?/m1/s1. The summed E-state index contributed by atoms with van der Waals surface area (Å²) in [5.41, 5.74) is 0.342. The van der Waals surface area contributed by atoms with E-state index in [0.29, 0.717) is 41.0 Å². The average Bonchev–Trinajstić information content (AvgIpc) is 3.64. The van der Waals surface area contributed by atoms with Crippen LogP contribution in [0.15, 0.2) is 53.5 Å². The van der Waals surface area contributed by atoms with Crippen LogP contribution in [0.25, 0.3) is 16.5 Å². The summed E-state index contributed by atoms with van der Waals surface area (Å²) in [5.74, 6) is 1.37. The van der Waals surface area contributed by atoms with Gasteiger partial charge in [0.15, 0.2) is 0 Å². The molecule has 2 aliphatic heterocycles. The normalized spacial score (nSPS) is 27.9. The highest BCUT2D eigenvalue weighted by molar-refractivity contribution is 5.83. The molecule has 0 spiro atoms. The van der Waals surface area contributed by atoms with Crippen molar-refractivity contribution in [3.05, 3.63) is 64.8 Å². The van der Waals surface area contributed by atoms with Crippen LogP contribution in [0.1, 0.15) is 45.4 Å². The molecule has 3 heterocycles. The second kappa shape index (κ2) is 9.76. The van der Waals surface area contributed by atoms with Gasteiger partial charge in [-0.05, 0) is 99.1 Å². The summed E-state index contributed by atoms with van der Waals surface area (Å²) in [6.45, 7) is 4.84. The van der Waals surface area contributed by atoms with E-state index in [1.807, 2.05) is 25.1 Å². The average molecular weight is 507 g/mol. The number of fused-ring (bicyclic) bond motifs is 1. The zero-order valence-electron chi connectivity index (χ0n) is 21.4. The molecule has 3 unspecified atom stereocenters. The topological polar surface area (TPSA) is 63.9 Å². The Labute approximate surface area is 216 Å². The first-order valence-electron chi connectivity index (χ1n) is 13.5. The number of benzene rings is 2. The number of ether oxygens (including phenoxy) is 2. The van der Waals surface area contributed by atoms with Crippen LogP contribution in [0.4, 0.5) is 10.1 Å². The summed E-state index contributed by atoms with van der Waals surface area (Å²) in [4.78, 5) is 15.4. The van der Waals surface area contributed by atoms with Gasteiger partial charge in [0.2, 0.25) is 0 Å². The van der Waals surface area contributed by atoms with Crippen molar-refractivity contribution in [1.29, 1.82) is 0 Å². The highest BCUT2D eigenvalue weighted by atomic mass is 19.1. The van der Waals surface area contributed by atoms with Crippen LogP contribution in [-0.2, 0) is 4.74 Å². The van der Waals surface area contributed by atoms with Crippen molar-refractivity contribution in [2.45, 2.75) is 57.2 Å². The third kappa shape index (κ3) is 4.99. The number of pyridine rings is 1. The summed E-state index contributed by atoms with van der Waals surface area (Å²) in [6.07, 6.45) is 7.65. The molecule has 196 valence electrons. The Hall–Kier alpha value is -2.90. The van der Waals surface area contributed by atoms with E-state index in [9.17, 15) is 9.90 Å². The smallest absolute Gasteiger partial charge is 0.262 e. The minimum absolute atomic E-state index is 0.132. The van der Waals surface area contributed by atoms with Crippen molar-refractivity contribution in [2.75, 3.05) is 31.2 Å². The molecule has 4 atom stereocenters. The second-order valence-corrected chi connectivity index (χ2v) is 11.3.